The number of halogens is 4. The first-order valence-electron chi connectivity index (χ1n) is 6.52. The van der Waals surface area contributed by atoms with Gasteiger partial charge < -0.3 is 14.2 Å². The lowest BCUT2D eigenvalue weighted by Crippen LogP contribution is -3.61. The SMILES string of the molecule is COc1cc(OC)c([I+]c2ccc(F)c(C(F)F)c2)c(OC)c1. The average molecular weight is 439 g/mol. The van der Waals surface area contributed by atoms with Crippen molar-refractivity contribution in [2.75, 3.05) is 21.3 Å². The summed E-state index contributed by atoms with van der Waals surface area (Å²) >= 11 is -0.906. The molecule has 0 aromatic heterocycles. The predicted molar refractivity (Wildman–Crippen MR) is 74.8 cm³/mol. The largest absolute Gasteiger partial charge is 0.496 e. The first kappa shape index (κ1) is 17.7. The second kappa shape index (κ2) is 7.76. The van der Waals surface area contributed by atoms with Gasteiger partial charge in [-0.1, -0.05) is 0 Å². The van der Waals surface area contributed by atoms with Crippen LogP contribution in [0.5, 0.6) is 17.2 Å². The monoisotopic (exact) mass is 439 g/mol. The van der Waals surface area contributed by atoms with E-state index >= 15 is 0 Å². The highest BCUT2D eigenvalue weighted by Crippen LogP contribution is 2.27. The van der Waals surface area contributed by atoms with Gasteiger partial charge in [0.1, 0.15) is 11.6 Å². The number of hydrogen-bond donors (Lipinski definition) is 0. The second-order valence-corrected chi connectivity index (χ2v) is 7.27. The molecular formula is C16H15F3IO3+. The molecule has 0 aliphatic rings. The molecule has 0 saturated carbocycles. The van der Waals surface area contributed by atoms with Gasteiger partial charge in [0.2, 0.25) is 0 Å². The minimum absolute atomic E-state index is 0.553. The molecule has 2 aromatic carbocycles. The summed E-state index contributed by atoms with van der Waals surface area (Å²) in [6.45, 7) is 0. The Kier molecular flexibility index (Phi) is 5.97. The normalized spacial score (nSPS) is 10.7. The van der Waals surface area contributed by atoms with E-state index in [1.807, 2.05) is 0 Å². The van der Waals surface area contributed by atoms with Gasteiger partial charge in [-0.2, -0.15) is 0 Å². The second-order valence-electron chi connectivity index (χ2n) is 4.41. The third-order valence-electron chi connectivity index (χ3n) is 3.05. The van der Waals surface area contributed by atoms with Gasteiger partial charge in [0.25, 0.3) is 10.00 Å². The average Bonchev–Trinajstić information content (AvgIpc) is 2.56. The number of hydrogen-bond acceptors (Lipinski definition) is 3. The Balaban J connectivity index is 2.45. The quantitative estimate of drug-likeness (QED) is 0.627. The fourth-order valence-electron chi connectivity index (χ4n) is 1.91. The number of alkyl halides is 2. The van der Waals surface area contributed by atoms with Crippen LogP contribution in [0.2, 0.25) is 0 Å². The Morgan fingerprint density at radius 1 is 0.913 bits per heavy atom. The van der Waals surface area contributed by atoms with Crippen LogP contribution in [0.4, 0.5) is 13.2 Å². The Bertz CT molecular complexity index is 667. The van der Waals surface area contributed by atoms with Crippen molar-refractivity contribution in [2.24, 2.45) is 0 Å². The number of rotatable bonds is 6. The summed E-state index contributed by atoms with van der Waals surface area (Å²) in [7, 11) is 4.55. The topological polar surface area (TPSA) is 27.7 Å². The van der Waals surface area contributed by atoms with Crippen molar-refractivity contribution < 1.29 is 48.6 Å². The van der Waals surface area contributed by atoms with Crippen molar-refractivity contribution in [3.63, 3.8) is 0 Å². The molecule has 124 valence electrons. The van der Waals surface area contributed by atoms with E-state index in [9.17, 15) is 13.2 Å². The van der Waals surface area contributed by atoms with Crippen molar-refractivity contribution in [2.45, 2.75) is 6.43 Å². The van der Waals surface area contributed by atoms with Gasteiger partial charge in [0.15, 0.2) is 15.1 Å². The molecule has 0 spiro atoms. The summed E-state index contributed by atoms with van der Waals surface area (Å²) in [4.78, 5) is 0. The Labute approximate surface area is 142 Å². The molecule has 2 rings (SSSR count). The fraction of sp³-hybridized carbons (Fsp3) is 0.250. The lowest BCUT2D eigenvalue weighted by Gasteiger charge is -2.08. The smallest absolute Gasteiger partial charge is 0.366 e. The molecule has 0 heterocycles. The van der Waals surface area contributed by atoms with Crippen LogP contribution in [0.25, 0.3) is 0 Å². The molecule has 0 aliphatic carbocycles. The molecule has 0 unspecified atom stereocenters. The highest BCUT2D eigenvalue weighted by Gasteiger charge is 2.29. The van der Waals surface area contributed by atoms with Crippen LogP contribution in [0.1, 0.15) is 12.0 Å². The van der Waals surface area contributed by atoms with Gasteiger partial charge >= 0.3 is 21.2 Å². The summed E-state index contributed by atoms with van der Waals surface area (Å²) in [6.07, 6.45) is -2.85. The van der Waals surface area contributed by atoms with E-state index in [1.54, 1.807) is 12.1 Å². The van der Waals surface area contributed by atoms with Crippen molar-refractivity contribution >= 4 is 0 Å². The minimum Gasteiger partial charge on any atom is -0.496 e. The third-order valence-corrected chi connectivity index (χ3v) is 5.95. The highest BCUT2D eigenvalue weighted by molar-refractivity contribution is 5.41. The third kappa shape index (κ3) is 4.01. The van der Waals surface area contributed by atoms with E-state index < -0.39 is 39.0 Å². The predicted octanol–water partition coefficient (Wildman–Crippen LogP) is 0.917. The summed E-state index contributed by atoms with van der Waals surface area (Å²) in [5.41, 5.74) is -0.589. The van der Waals surface area contributed by atoms with Crippen LogP contribution < -0.4 is 35.4 Å². The van der Waals surface area contributed by atoms with E-state index in [0.717, 1.165) is 9.64 Å². The van der Waals surface area contributed by atoms with Gasteiger partial charge in [-0.15, -0.1) is 0 Å². The van der Waals surface area contributed by atoms with Crippen LogP contribution in [0.3, 0.4) is 0 Å². The van der Waals surface area contributed by atoms with E-state index in [2.05, 4.69) is 0 Å². The zero-order valence-corrected chi connectivity index (χ0v) is 14.9. The number of benzene rings is 2. The lowest BCUT2D eigenvalue weighted by atomic mass is 10.2. The zero-order valence-electron chi connectivity index (χ0n) is 12.7. The van der Waals surface area contributed by atoms with Crippen LogP contribution in [0.15, 0.2) is 30.3 Å². The minimum atomic E-state index is -2.85. The Morgan fingerprint density at radius 2 is 1.52 bits per heavy atom. The molecule has 0 aliphatic heterocycles. The lowest BCUT2D eigenvalue weighted by molar-refractivity contribution is -0.598. The molecule has 0 bridgehead atoms. The van der Waals surface area contributed by atoms with Crippen LogP contribution in [-0.2, 0) is 0 Å². The van der Waals surface area contributed by atoms with E-state index in [1.165, 1.54) is 33.5 Å². The maximum absolute atomic E-state index is 13.4. The molecule has 0 amide bonds. The van der Waals surface area contributed by atoms with Gasteiger partial charge in [-0.3, -0.25) is 0 Å². The van der Waals surface area contributed by atoms with Crippen molar-refractivity contribution in [1.82, 2.24) is 0 Å². The van der Waals surface area contributed by atoms with Crippen LogP contribution in [0, 0.1) is 13.0 Å². The van der Waals surface area contributed by atoms with E-state index in [0.29, 0.717) is 20.8 Å². The standard InChI is InChI=1S/C16H15F3IO3/c1-21-10-7-13(22-2)15(14(8-10)23-3)20-9-4-5-12(17)11(6-9)16(18)19/h4-8,16H,1-3H3/q+1. The number of methoxy groups -OCH3 is 3. The van der Waals surface area contributed by atoms with E-state index in [-0.39, 0.29) is 0 Å². The molecule has 0 N–H and O–H groups in total. The van der Waals surface area contributed by atoms with Crippen molar-refractivity contribution in [3.8, 4) is 17.2 Å². The van der Waals surface area contributed by atoms with Gasteiger partial charge in [0, 0.05) is 18.2 Å². The molecule has 0 atom stereocenters. The zero-order chi connectivity index (χ0) is 17.0. The maximum Gasteiger partial charge on any atom is 0.366 e. The summed E-state index contributed by atoms with van der Waals surface area (Å²) in [5.74, 6) is 0.772. The molecule has 7 heteroatoms. The molecule has 0 fully saturated rings. The van der Waals surface area contributed by atoms with Crippen molar-refractivity contribution in [3.05, 3.63) is 48.9 Å². The summed E-state index contributed by atoms with van der Waals surface area (Å²) in [5, 5.41) is 0. The van der Waals surface area contributed by atoms with Crippen LogP contribution in [-0.4, -0.2) is 21.3 Å². The molecule has 3 nitrogen and oxygen atoms in total. The molecule has 2 aromatic rings. The first-order chi connectivity index (χ1) is 11.0. The Hall–Kier alpha value is -1.64. The van der Waals surface area contributed by atoms with Crippen molar-refractivity contribution in [1.29, 1.82) is 0 Å². The summed E-state index contributed by atoms with van der Waals surface area (Å²) < 4.78 is 56.4. The first-order valence-corrected chi connectivity index (χ1v) is 8.68. The molecule has 23 heavy (non-hydrogen) atoms. The molecule has 0 radical (unpaired) electrons. The summed E-state index contributed by atoms with van der Waals surface area (Å²) in [6, 6.07) is 7.19. The van der Waals surface area contributed by atoms with Gasteiger partial charge in [0.05, 0.1) is 26.9 Å². The van der Waals surface area contributed by atoms with E-state index in [4.69, 9.17) is 14.2 Å². The molecular weight excluding hydrogens is 424 g/mol. The van der Waals surface area contributed by atoms with Gasteiger partial charge in [-0.25, -0.2) is 13.2 Å². The number of ether oxygens (including phenoxy) is 3. The molecule has 0 saturated heterocycles. The van der Waals surface area contributed by atoms with Gasteiger partial charge in [-0.05, 0) is 12.1 Å². The highest BCUT2D eigenvalue weighted by atomic mass is 127. The Morgan fingerprint density at radius 3 is 2.00 bits per heavy atom. The van der Waals surface area contributed by atoms with Crippen LogP contribution >= 0.6 is 0 Å². The maximum atomic E-state index is 13.4. The fourth-order valence-corrected chi connectivity index (χ4v) is 4.66.